The first-order valence-corrected chi connectivity index (χ1v) is 12.7. The highest BCUT2D eigenvalue weighted by atomic mass is 32.2. The number of rotatable bonds is 12. The summed E-state index contributed by atoms with van der Waals surface area (Å²) in [5, 5.41) is 0. The van der Waals surface area contributed by atoms with E-state index in [9.17, 15) is 13.2 Å². The highest BCUT2D eigenvalue weighted by Gasteiger charge is 2.22. The Morgan fingerprint density at radius 2 is 1.70 bits per heavy atom. The third kappa shape index (κ3) is 7.18. The number of aryl methyl sites for hydroxylation is 2. The Bertz CT molecular complexity index is 1160. The van der Waals surface area contributed by atoms with Crippen molar-refractivity contribution in [3.8, 4) is 23.0 Å². The van der Waals surface area contributed by atoms with Crippen LogP contribution in [-0.2, 0) is 26.8 Å². The van der Waals surface area contributed by atoms with Crippen LogP contribution in [0.1, 0.15) is 36.8 Å². The third-order valence-corrected chi connectivity index (χ3v) is 6.60. The molecule has 3 rings (SSSR count). The van der Waals surface area contributed by atoms with Crippen molar-refractivity contribution < 1.29 is 27.1 Å². The van der Waals surface area contributed by atoms with E-state index in [2.05, 4.69) is 4.98 Å². The molecule has 3 aromatic rings. The molecule has 0 aliphatic rings. The normalized spacial score (nSPS) is 11.4. The van der Waals surface area contributed by atoms with Gasteiger partial charge in [-0.2, -0.15) is 0 Å². The molecule has 33 heavy (non-hydrogen) atoms. The molecule has 1 heterocycles. The van der Waals surface area contributed by atoms with Gasteiger partial charge in [0.1, 0.15) is 28.8 Å². The highest BCUT2D eigenvalue weighted by Crippen LogP contribution is 2.25. The van der Waals surface area contributed by atoms with Crippen molar-refractivity contribution in [1.29, 1.82) is 0 Å². The van der Waals surface area contributed by atoms with E-state index >= 15 is 0 Å². The topological polar surface area (TPSA) is 95.7 Å². The average Bonchev–Trinajstić information content (AvgIpc) is 3.14. The average molecular weight is 472 g/mol. The van der Waals surface area contributed by atoms with Crippen molar-refractivity contribution >= 4 is 15.6 Å². The lowest BCUT2D eigenvalue weighted by molar-refractivity contribution is -0.116. The lowest BCUT2D eigenvalue weighted by Gasteiger charge is -2.05. The van der Waals surface area contributed by atoms with E-state index in [4.69, 9.17) is 13.9 Å². The van der Waals surface area contributed by atoms with Crippen LogP contribution < -0.4 is 9.47 Å². The standard InChI is InChI=1S/C25H29NO6S/c1-4-31-23-12-8-19(9-13-23)6-5-7-21(27)16-33(28,29)17-24-18(2)32-25(26-24)20-10-14-22(30-3)15-11-20/h8-15H,4-7,16-17H2,1-3H3. The molecule has 0 unspecified atom stereocenters. The van der Waals surface area contributed by atoms with Crippen molar-refractivity contribution in [2.24, 2.45) is 0 Å². The quantitative estimate of drug-likeness (QED) is 0.382. The van der Waals surface area contributed by atoms with Gasteiger partial charge in [-0.05, 0) is 68.7 Å². The molecular formula is C25H29NO6S. The molecule has 1 aromatic heterocycles. The summed E-state index contributed by atoms with van der Waals surface area (Å²) < 4.78 is 41.4. The van der Waals surface area contributed by atoms with Crippen LogP contribution >= 0.6 is 0 Å². The molecular weight excluding hydrogens is 442 g/mol. The molecule has 0 spiro atoms. The first-order chi connectivity index (χ1) is 15.8. The second-order valence-corrected chi connectivity index (χ2v) is 9.82. The zero-order chi connectivity index (χ0) is 23.8. The monoisotopic (exact) mass is 471 g/mol. The summed E-state index contributed by atoms with van der Waals surface area (Å²) >= 11 is 0. The van der Waals surface area contributed by atoms with Gasteiger partial charge in [0.15, 0.2) is 9.84 Å². The Labute approximate surface area is 194 Å². The smallest absolute Gasteiger partial charge is 0.226 e. The van der Waals surface area contributed by atoms with E-state index in [1.165, 1.54) is 0 Å². The Morgan fingerprint density at radius 1 is 1.03 bits per heavy atom. The molecule has 0 atom stereocenters. The molecule has 0 N–H and O–H groups in total. The Balaban J connectivity index is 1.52. The van der Waals surface area contributed by atoms with Gasteiger partial charge < -0.3 is 13.9 Å². The van der Waals surface area contributed by atoms with E-state index in [-0.39, 0.29) is 18.0 Å². The minimum Gasteiger partial charge on any atom is -0.497 e. The molecule has 0 radical (unpaired) electrons. The molecule has 0 amide bonds. The van der Waals surface area contributed by atoms with Crippen LogP contribution in [0.2, 0.25) is 0 Å². The second kappa shape index (κ2) is 11.1. The summed E-state index contributed by atoms with van der Waals surface area (Å²) in [5.41, 5.74) is 2.12. The number of oxazole rings is 1. The number of methoxy groups -OCH3 is 1. The van der Waals surface area contributed by atoms with Gasteiger partial charge in [0.05, 0.1) is 25.2 Å². The lowest BCUT2D eigenvalue weighted by atomic mass is 10.1. The number of Topliss-reactive ketones (excluding diaryl/α,β-unsaturated/α-hetero) is 1. The molecule has 176 valence electrons. The molecule has 0 saturated heterocycles. The minimum absolute atomic E-state index is 0.210. The number of ketones is 1. The van der Waals surface area contributed by atoms with E-state index in [1.54, 1.807) is 38.3 Å². The van der Waals surface area contributed by atoms with Gasteiger partial charge in [0, 0.05) is 12.0 Å². The fourth-order valence-corrected chi connectivity index (χ4v) is 4.83. The molecule has 0 fully saturated rings. The maximum atomic E-state index is 12.6. The third-order valence-electron chi connectivity index (χ3n) is 5.12. The maximum Gasteiger partial charge on any atom is 0.226 e. The first-order valence-electron chi connectivity index (χ1n) is 10.8. The predicted octanol–water partition coefficient (Wildman–Crippen LogP) is 4.56. The zero-order valence-electron chi connectivity index (χ0n) is 19.2. The van der Waals surface area contributed by atoms with E-state index in [0.29, 0.717) is 48.1 Å². The van der Waals surface area contributed by atoms with Gasteiger partial charge in [0.25, 0.3) is 0 Å². The highest BCUT2D eigenvalue weighted by molar-refractivity contribution is 7.91. The number of sulfone groups is 1. The van der Waals surface area contributed by atoms with Crippen molar-refractivity contribution in [2.75, 3.05) is 19.5 Å². The molecule has 8 heteroatoms. The van der Waals surface area contributed by atoms with Gasteiger partial charge in [-0.1, -0.05) is 12.1 Å². The Morgan fingerprint density at radius 3 is 2.33 bits per heavy atom. The van der Waals surface area contributed by atoms with Gasteiger partial charge in [0.2, 0.25) is 5.89 Å². The Kier molecular flexibility index (Phi) is 8.27. The summed E-state index contributed by atoms with van der Waals surface area (Å²) in [6.07, 6.45) is 1.50. The molecule has 0 bridgehead atoms. The summed E-state index contributed by atoms with van der Waals surface area (Å²) in [6, 6.07) is 14.8. The zero-order valence-corrected chi connectivity index (χ0v) is 20.0. The molecule has 0 saturated carbocycles. The Hall–Kier alpha value is -3.13. The predicted molar refractivity (Wildman–Crippen MR) is 126 cm³/mol. The summed E-state index contributed by atoms with van der Waals surface area (Å²) in [6.45, 7) is 4.21. The summed E-state index contributed by atoms with van der Waals surface area (Å²) in [7, 11) is -2.07. The van der Waals surface area contributed by atoms with Crippen LogP contribution in [0.5, 0.6) is 11.5 Å². The van der Waals surface area contributed by atoms with E-state index in [0.717, 1.165) is 11.3 Å². The van der Waals surface area contributed by atoms with Crippen molar-refractivity contribution in [1.82, 2.24) is 4.98 Å². The van der Waals surface area contributed by atoms with E-state index in [1.807, 2.05) is 31.2 Å². The number of carbonyl (C=O) groups is 1. The van der Waals surface area contributed by atoms with Crippen LogP contribution in [-0.4, -0.2) is 38.7 Å². The molecule has 7 nitrogen and oxygen atoms in total. The number of nitrogens with zero attached hydrogens (tertiary/aromatic N) is 1. The van der Waals surface area contributed by atoms with Crippen LogP contribution in [0, 0.1) is 6.92 Å². The molecule has 2 aromatic carbocycles. The SMILES string of the molecule is CCOc1ccc(CCCC(=O)CS(=O)(=O)Cc2nc(-c3ccc(OC)cc3)oc2C)cc1. The summed E-state index contributed by atoms with van der Waals surface area (Å²) in [5.74, 6) is 1.14. The van der Waals surface area contributed by atoms with Crippen LogP contribution in [0.25, 0.3) is 11.5 Å². The van der Waals surface area contributed by atoms with Gasteiger partial charge >= 0.3 is 0 Å². The number of benzene rings is 2. The minimum atomic E-state index is -3.65. The number of carbonyl (C=O) groups excluding carboxylic acids is 1. The van der Waals surface area contributed by atoms with Crippen molar-refractivity contribution in [3.05, 3.63) is 65.5 Å². The fourth-order valence-electron chi connectivity index (χ4n) is 3.40. The van der Waals surface area contributed by atoms with Crippen LogP contribution in [0.4, 0.5) is 0 Å². The number of aromatic nitrogens is 1. The molecule has 0 aliphatic carbocycles. The van der Waals surface area contributed by atoms with Crippen LogP contribution in [0.3, 0.4) is 0 Å². The summed E-state index contributed by atoms with van der Waals surface area (Å²) in [4.78, 5) is 16.6. The van der Waals surface area contributed by atoms with E-state index < -0.39 is 15.6 Å². The van der Waals surface area contributed by atoms with Gasteiger partial charge in [-0.25, -0.2) is 13.4 Å². The number of hydrogen-bond acceptors (Lipinski definition) is 7. The number of hydrogen-bond donors (Lipinski definition) is 0. The van der Waals surface area contributed by atoms with Crippen molar-refractivity contribution in [3.63, 3.8) is 0 Å². The van der Waals surface area contributed by atoms with Crippen molar-refractivity contribution in [2.45, 2.75) is 38.9 Å². The van der Waals surface area contributed by atoms with Gasteiger partial charge in [-0.3, -0.25) is 4.79 Å². The van der Waals surface area contributed by atoms with Gasteiger partial charge in [-0.15, -0.1) is 0 Å². The largest absolute Gasteiger partial charge is 0.497 e. The number of ether oxygens (including phenoxy) is 2. The fraction of sp³-hybridized carbons (Fsp3) is 0.360. The maximum absolute atomic E-state index is 12.6. The van der Waals surface area contributed by atoms with Crippen LogP contribution in [0.15, 0.2) is 52.9 Å². The molecule has 0 aliphatic heterocycles. The first kappa shape index (κ1) is 24.5. The second-order valence-electron chi connectivity index (χ2n) is 7.75. The lowest BCUT2D eigenvalue weighted by Crippen LogP contribution is -2.18.